The first-order valence-electron chi connectivity index (χ1n) is 7.98. The number of hydrogen-bond acceptors (Lipinski definition) is 4. The zero-order chi connectivity index (χ0) is 14.8. The maximum Gasteiger partial charge on any atom is 0.306 e. The minimum Gasteiger partial charge on any atom is -0.466 e. The molecule has 0 radical (unpaired) electrons. The van der Waals surface area contributed by atoms with Crippen LogP contribution in [0.1, 0.15) is 71.6 Å². The van der Waals surface area contributed by atoms with E-state index in [1.807, 2.05) is 0 Å². The molecule has 0 aromatic heterocycles. The van der Waals surface area contributed by atoms with E-state index in [0.717, 1.165) is 38.5 Å². The maximum absolute atomic E-state index is 11.7. The molecule has 0 aromatic rings. The zero-order valence-corrected chi connectivity index (χ0v) is 12.9. The van der Waals surface area contributed by atoms with Gasteiger partial charge in [0.15, 0.2) is 0 Å². The number of rotatable bonds is 8. The van der Waals surface area contributed by atoms with Gasteiger partial charge in [0.2, 0.25) is 0 Å². The van der Waals surface area contributed by atoms with E-state index in [9.17, 15) is 9.59 Å². The Morgan fingerprint density at radius 2 is 1.75 bits per heavy atom. The molecule has 0 aromatic carbocycles. The molecule has 0 amide bonds. The molecule has 2 unspecified atom stereocenters. The highest BCUT2D eigenvalue weighted by molar-refractivity contribution is 5.77. The third-order valence-electron chi connectivity index (χ3n) is 3.86. The van der Waals surface area contributed by atoms with E-state index in [2.05, 4.69) is 13.8 Å². The number of carbonyl (C=O) groups excluding carboxylic acids is 2. The summed E-state index contributed by atoms with van der Waals surface area (Å²) >= 11 is 0. The van der Waals surface area contributed by atoms with Gasteiger partial charge in [0, 0.05) is 0 Å². The van der Waals surface area contributed by atoms with E-state index in [-0.39, 0.29) is 30.9 Å². The molecule has 0 N–H and O–H groups in total. The Balaban J connectivity index is 2.11. The van der Waals surface area contributed by atoms with Gasteiger partial charge in [-0.2, -0.15) is 0 Å². The van der Waals surface area contributed by atoms with Gasteiger partial charge >= 0.3 is 11.9 Å². The van der Waals surface area contributed by atoms with E-state index in [0.29, 0.717) is 12.5 Å². The van der Waals surface area contributed by atoms with Crippen LogP contribution in [-0.2, 0) is 19.1 Å². The molecular formula is C16H28O4. The Kier molecular flexibility index (Phi) is 8.31. The standard InChI is InChI=1S/C16H28O4/c1-3-4-7-12-19-15(17)10-11-16(18)20-14-9-6-5-8-13(14)2/h13-14H,3-12H2,1-2H3. The summed E-state index contributed by atoms with van der Waals surface area (Å²) in [5.41, 5.74) is 0. The number of hydrogen-bond donors (Lipinski definition) is 0. The molecule has 20 heavy (non-hydrogen) atoms. The van der Waals surface area contributed by atoms with Crippen LogP contribution in [0.4, 0.5) is 0 Å². The highest BCUT2D eigenvalue weighted by atomic mass is 16.5. The topological polar surface area (TPSA) is 52.6 Å². The summed E-state index contributed by atoms with van der Waals surface area (Å²) in [5, 5.41) is 0. The van der Waals surface area contributed by atoms with Gasteiger partial charge in [-0.3, -0.25) is 9.59 Å². The second-order valence-electron chi connectivity index (χ2n) is 5.72. The van der Waals surface area contributed by atoms with Crippen LogP contribution < -0.4 is 0 Å². The highest BCUT2D eigenvalue weighted by Crippen LogP contribution is 2.26. The second-order valence-corrected chi connectivity index (χ2v) is 5.72. The summed E-state index contributed by atoms with van der Waals surface area (Å²) in [6.45, 7) is 4.69. The van der Waals surface area contributed by atoms with Gasteiger partial charge in [-0.05, 0) is 31.6 Å². The first-order chi connectivity index (χ1) is 9.63. The van der Waals surface area contributed by atoms with Gasteiger partial charge in [-0.15, -0.1) is 0 Å². The Morgan fingerprint density at radius 1 is 1.05 bits per heavy atom. The summed E-state index contributed by atoms with van der Waals surface area (Å²) < 4.78 is 10.5. The minimum absolute atomic E-state index is 0.0387. The molecule has 116 valence electrons. The molecule has 0 saturated heterocycles. The predicted molar refractivity (Wildman–Crippen MR) is 77.2 cm³/mol. The Hall–Kier alpha value is -1.06. The van der Waals surface area contributed by atoms with Crippen LogP contribution in [0.2, 0.25) is 0 Å². The van der Waals surface area contributed by atoms with Crippen LogP contribution in [0.3, 0.4) is 0 Å². The molecule has 0 bridgehead atoms. The van der Waals surface area contributed by atoms with Gasteiger partial charge in [0.25, 0.3) is 0 Å². The first kappa shape index (κ1) is 17.0. The third-order valence-corrected chi connectivity index (χ3v) is 3.86. The Bertz CT molecular complexity index is 301. The van der Waals surface area contributed by atoms with Gasteiger partial charge in [0.1, 0.15) is 6.10 Å². The molecule has 4 heteroatoms. The van der Waals surface area contributed by atoms with Crippen molar-refractivity contribution in [3.63, 3.8) is 0 Å². The quantitative estimate of drug-likeness (QED) is 0.504. The number of unbranched alkanes of at least 4 members (excludes halogenated alkanes) is 2. The summed E-state index contributed by atoms with van der Waals surface area (Å²) in [6.07, 6.45) is 7.79. The van der Waals surface area contributed by atoms with Crippen LogP contribution >= 0.6 is 0 Å². The van der Waals surface area contributed by atoms with Crippen molar-refractivity contribution in [2.75, 3.05) is 6.61 Å². The predicted octanol–water partition coefficient (Wildman–Crippen LogP) is 3.62. The van der Waals surface area contributed by atoms with E-state index in [1.54, 1.807) is 0 Å². The fourth-order valence-electron chi connectivity index (χ4n) is 2.50. The van der Waals surface area contributed by atoms with Crippen molar-refractivity contribution in [1.82, 2.24) is 0 Å². The van der Waals surface area contributed by atoms with Crippen molar-refractivity contribution in [2.45, 2.75) is 77.7 Å². The molecule has 1 rings (SSSR count). The van der Waals surface area contributed by atoms with Crippen molar-refractivity contribution in [3.05, 3.63) is 0 Å². The largest absolute Gasteiger partial charge is 0.466 e. The van der Waals surface area contributed by atoms with E-state index >= 15 is 0 Å². The monoisotopic (exact) mass is 284 g/mol. The summed E-state index contributed by atoms with van der Waals surface area (Å²) in [7, 11) is 0. The summed E-state index contributed by atoms with van der Waals surface area (Å²) in [6, 6.07) is 0. The fraction of sp³-hybridized carbons (Fsp3) is 0.875. The third kappa shape index (κ3) is 6.92. The van der Waals surface area contributed by atoms with Crippen LogP contribution in [0.15, 0.2) is 0 Å². The smallest absolute Gasteiger partial charge is 0.306 e. The van der Waals surface area contributed by atoms with Gasteiger partial charge in [0.05, 0.1) is 19.4 Å². The molecule has 2 atom stereocenters. The Labute approximate surface area is 122 Å². The van der Waals surface area contributed by atoms with Crippen molar-refractivity contribution >= 4 is 11.9 Å². The van der Waals surface area contributed by atoms with Crippen molar-refractivity contribution < 1.29 is 19.1 Å². The lowest BCUT2D eigenvalue weighted by molar-refractivity contribution is -0.156. The van der Waals surface area contributed by atoms with Crippen molar-refractivity contribution in [3.8, 4) is 0 Å². The molecule has 0 spiro atoms. The average molecular weight is 284 g/mol. The molecule has 1 saturated carbocycles. The number of esters is 2. The lowest BCUT2D eigenvalue weighted by atomic mass is 9.88. The summed E-state index contributed by atoms with van der Waals surface area (Å²) in [4.78, 5) is 23.1. The minimum atomic E-state index is -0.297. The maximum atomic E-state index is 11.7. The van der Waals surface area contributed by atoms with Gasteiger partial charge in [-0.25, -0.2) is 0 Å². The van der Waals surface area contributed by atoms with Gasteiger partial charge in [-0.1, -0.05) is 33.1 Å². The van der Waals surface area contributed by atoms with Crippen molar-refractivity contribution in [2.24, 2.45) is 5.92 Å². The van der Waals surface area contributed by atoms with E-state index < -0.39 is 0 Å². The van der Waals surface area contributed by atoms with Gasteiger partial charge < -0.3 is 9.47 Å². The molecule has 1 aliphatic carbocycles. The summed E-state index contributed by atoms with van der Waals surface area (Å²) in [5.74, 6) is -0.127. The number of ether oxygens (including phenoxy) is 2. The number of carbonyl (C=O) groups is 2. The van der Waals surface area contributed by atoms with Crippen LogP contribution in [0.5, 0.6) is 0 Å². The van der Waals surface area contributed by atoms with Crippen LogP contribution in [0, 0.1) is 5.92 Å². The normalized spacial score (nSPS) is 22.3. The molecule has 0 aliphatic heterocycles. The average Bonchev–Trinajstić information content (AvgIpc) is 2.44. The fourth-order valence-corrected chi connectivity index (χ4v) is 2.50. The lowest BCUT2D eigenvalue weighted by Crippen LogP contribution is -2.28. The molecular weight excluding hydrogens is 256 g/mol. The van der Waals surface area contributed by atoms with Crippen LogP contribution in [0.25, 0.3) is 0 Å². The first-order valence-corrected chi connectivity index (χ1v) is 7.98. The SMILES string of the molecule is CCCCCOC(=O)CCC(=O)OC1CCCCC1C. The molecule has 1 fully saturated rings. The highest BCUT2D eigenvalue weighted by Gasteiger charge is 2.24. The van der Waals surface area contributed by atoms with E-state index in [4.69, 9.17) is 9.47 Å². The lowest BCUT2D eigenvalue weighted by Gasteiger charge is -2.28. The van der Waals surface area contributed by atoms with Crippen molar-refractivity contribution in [1.29, 1.82) is 0 Å². The van der Waals surface area contributed by atoms with E-state index in [1.165, 1.54) is 6.42 Å². The second kappa shape index (κ2) is 9.78. The van der Waals surface area contributed by atoms with Crippen LogP contribution in [-0.4, -0.2) is 24.6 Å². The zero-order valence-electron chi connectivity index (χ0n) is 12.9. The molecule has 0 heterocycles. The molecule has 4 nitrogen and oxygen atoms in total. The molecule has 1 aliphatic rings. The Morgan fingerprint density at radius 3 is 2.45 bits per heavy atom.